The Morgan fingerprint density at radius 1 is 1.60 bits per heavy atom. The van der Waals surface area contributed by atoms with E-state index in [1.807, 2.05) is 0 Å². The number of hydrogen-bond donors (Lipinski definition) is 2. The van der Waals surface area contributed by atoms with Gasteiger partial charge in [-0.25, -0.2) is 4.98 Å². The highest BCUT2D eigenvalue weighted by Gasteiger charge is 1.99. The van der Waals surface area contributed by atoms with Crippen molar-refractivity contribution in [2.75, 3.05) is 11.5 Å². The SMILES string of the molecule is N#CCCCCSc1nc(N)cc(=O)[nH]1. The largest absolute Gasteiger partial charge is 0.383 e. The van der Waals surface area contributed by atoms with Crippen LogP contribution in [0.2, 0.25) is 0 Å². The number of unbranched alkanes of at least 4 members (excludes halogenated alkanes) is 2. The summed E-state index contributed by atoms with van der Waals surface area (Å²) in [6.45, 7) is 0. The number of H-pyrrole nitrogens is 1. The molecule has 1 rings (SSSR count). The van der Waals surface area contributed by atoms with Crippen LogP contribution in [0.3, 0.4) is 0 Å². The quantitative estimate of drug-likeness (QED) is 0.444. The predicted octanol–water partition coefficient (Wildman–Crippen LogP) is 1.14. The van der Waals surface area contributed by atoms with Gasteiger partial charge in [-0.1, -0.05) is 11.8 Å². The molecule has 5 nitrogen and oxygen atoms in total. The van der Waals surface area contributed by atoms with E-state index in [4.69, 9.17) is 11.0 Å². The Kier molecular flexibility index (Phi) is 4.71. The summed E-state index contributed by atoms with van der Waals surface area (Å²) in [5.41, 5.74) is 5.19. The van der Waals surface area contributed by atoms with Crippen molar-refractivity contribution in [1.82, 2.24) is 9.97 Å². The van der Waals surface area contributed by atoms with Crippen LogP contribution in [-0.2, 0) is 0 Å². The Morgan fingerprint density at radius 3 is 3.07 bits per heavy atom. The molecule has 0 aliphatic carbocycles. The number of aromatic amines is 1. The van der Waals surface area contributed by atoms with Crippen LogP contribution in [0.25, 0.3) is 0 Å². The minimum absolute atomic E-state index is 0.234. The molecule has 0 aliphatic heterocycles. The minimum Gasteiger partial charge on any atom is -0.383 e. The molecule has 0 saturated carbocycles. The van der Waals surface area contributed by atoms with Gasteiger partial charge in [0.25, 0.3) is 5.56 Å². The van der Waals surface area contributed by atoms with E-state index in [0.717, 1.165) is 18.6 Å². The average molecular weight is 224 g/mol. The normalized spacial score (nSPS) is 9.80. The summed E-state index contributed by atoms with van der Waals surface area (Å²) in [6, 6.07) is 3.33. The van der Waals surface area contributed by atoms with Crippen LogP contribution in [0.5, 0.6) is 0 Å². The van der Waals surface area contributed by atoms with Gasteiger partial charge in [0.1, 0.15) is 5.82 Å². The third-order valence-corrected chi connectivity index (χ3v) is 2.62. The van der Waals surface area contributed by atoms with Crippen LogP contribution < -0.4 is 11.3 Å². The second-order valence-corrected chi connectivity index (χ2v) is 4.02. The number of rotatable bonds is 5. The van der Waals surface area contributed by atoms with Crippen LogP contribution in [0.15, 0.2) is 16.0 Å². The molecule has 0 spiro atoms. The first kappa shape index (κ1) is 11.6. The van der Waals surface area contributed by atoms with Crippen LogP contribution in [0, 0.1) is 11.3 Å². The zero-order chi connectivity index (χ0) is 11.1. The molecule has 0 radical (unpaired) electrons. The number of nitrogens with zero attached hydrogens (tertiary/aromatic N) is 2. The number of nitriles is 1. The molecule has 15 heavy (non-hydrogen) atoms. The summed E-state index contributed by atoms with van der Waals surface area (Å²) >= 11 is 1.44. The third-order valence-electron chi connectivity index (χ3n) is 1.66. The van der Waals surface area contributed by atoms with Gasteiger partial charge in [-0.05, 0) is 12.8 Å². The molecule has 1 aromatic heterocycles. The fourth-order valence-electron chi connectivity index (χ4n) is 0.997. The van der Waals surface area contributed by atoms with Crippen molar-refractivity contribution < 1.29 is 0 Å². The smallest absolute Gasteiger partial charge is 0.253 e. The summed E-state index contributed by atoms with van der Waals surface area (Å²) in [6.07, 6.45) is 2.37. The number of anilines is 1. The molecule has 0 bridgehead atoms. The second kappa shape index (κ2) is 6.09. The maximum absolute atomic E-state index is 11.0. The molecule has 1 heterocycles. The number of nitrogens with one attached hydrogen (secondary N) is 1. The number of nitrogen functional groups attached to an aromatic ring is 1. The van der Waals surface area contributed by atoms with Crippen molar-refractivity contribution in [3.05, 3.63) is 16.4 Å². The summed E-state index contributed by atoms with van der Waals surface area (Å²) in [7, 11) is 0. The van der Waals surface area contributed by atoms with Gasteiger partial charge in [0.15, 0.2) is 5.16 Å². The molecule has 0 atom stereocenters. The number of aromatic nitrogens is 2. The Morgan fingerprint density at radius 2 is 2.40 bits per heavy atom. The average Bonchev–Trinajstić information content (AvgIpc) is 2.16. The van der Waals surface area contributed by atoms with E-state index < -0.39 is 0 Å². The highest BCUT2D eigenvalue weighted by Crippen LogP contribution is 2.14. The van der Waals surface area contributed by atoms with Crippen molar-refractivity contribution in [2.24, 2.45) is 0 Å². The van der Waals surface area contributed by atoms with Crippen molar-refractivity contribution in [2.45, 2.75) is 24.4 Å². The summed E-state index contributed by atoms with van der Waals surface area (Å²) in [4.78, 5) is 17.6. The van der Waals surface area contributed by atoms with Crippen molar-refractivity contribution in [1.29, 1.82) is 5.26 Å². The van der Waals surface area contributed by atoms with Gasteiger partial charge in [0.05, 0.1) is 6.07 Å². The number of hydrogen-bond acceptors (Lipinski definition) is 5. The molecule has 0 unspecified atom stereocenters. The second-order valence-electron chi connectivity index (χ2n) is 2.94. The van der Waals surface area contributed by atoms with Crippen LogP contribution >= 0.6 is 11.8 Å². The molecule has 3 N–H and O–H groups in total. The van der Waals surface area contributed by atoms with Gasteiger partial charge in [-0.15, -0.1) is 0 Å². The fraction of sp³-hybridized carbons (Fsp3) is 0.444. The lowest BCUT2D eigenvalue weighted by molar-refractivity contribution is 0.826. The van der Waals surface area contributed by atoms with E-state index in [1.54, 1.807) is 0 Å². The Balaban J connectivity index is 2.38. The minimum atomic E-state index is -0.234. The molecule has 1 aromatic rings. The third kappa shape index (κ3) is 4.51. The first-order chi connectivity index (χ1) is 7.22. The molecule has 0 amide bonds. The van der Waals surface area contributed by atoms with Gasteiger partial charge < -0.3 is 10.7 Å². The zero-order valence-corrected chi connectivity index (χ0v) is 9.01. The summed E-state index contributed by atoms with van der Waals surface area (Å²) < 4.78 is 0. The molecule has 6 heteroatoms. The first-order valence-corrected chi connectivity index (χ1v) is 5.57. The van der Waals surface area contributed by atoms with E-state index in [-0.39, 0.29) is 11.4 Å². The molecule has 0 fully saturated rings. The molecule has 0 aromatic carbocycles. The Bertz CT molecular complexity index is 409. The molecule has 80 valence electrons. The maximum Gasteiger partial charge on any atom is 0.253 e. The lowest BCUT2D eigenvalue weighted by Crippen LogP contribution is -2.09. The lowest BCUT2D eigenvalue weighted by atomic mass is 10.3. The zero-order valence-electron chi connectivity index (χ0n) is 8.19. The van der Waals surface area contributed by atoms with Crippen molar-refractivity contribution >= 4 is 17.6 Å². The van der Waals surface area contributed by atoms with Gasteiger partial charge >= 0.3 is 0 Å². The van der Waals surface area contributed by atoms with E-state index in [1.165, 1.54) is 17.8 Å². The monoisotopic (exact) mass is 224 g/mol. The summed E-state index contributed by atoms with van der Waals surface area (Å²) in [5.74, 6) is 1.06. The molecular weight excluding hydrogens is 212 g/mol. The van der Waals surface area contributed by atoms with Gasteiger partial charge in [-0.3, -0.25) is 4.79 Å². The Hall–Kier alpha value is -1.48. The van der Waals surface area contributed by atoms with E-state index in [2.05, 4.69) is 16.0 Å². The van der Waals surface area contributed by atoms with E-state index in [0.29, 0.717) is 11.6 Å². The topological polar surface area (TPSA) is 95.6 Å². The Labute approximate surface area is 91.7 Å². The molecule has 0 saturated heterocycles. The van der Waals surface area contributed by atoms with Crippen LogP contribution in [-0.4, -0.2) is 15.7 Å². The van der Waals surface area contributed by atoms with Gasteiger partial charge in [-0.2, -0.15) is 5.26 Å². The fourth-order valence-corrected chi connectivity index (χ4v) is 1.88. The van der Waals surface area contributed by atoms with E-state index in [9.17, 15) is 4.79 Å². The molecule has 0 aliphatic rings. The number of thioether (sulfide) groups is 1. The van der Waals surface area contributed by atoms with Crippen LogP contribution in [0.4, 0.5) is 5.82 Å². The lowest BCUT2D eigenvalue weighted by Gasteiger charge is -2.00. The highest BCUT2D eigenvalue weighted by molar-refractivity contribution is 7.99. The van der Waals surface area contributed by atoms with E-state index >= 15 is 0 Å². The highest BCUT2D eigenvalue weighted by atomic mass is 32.2. The van der Waals surface area contributed by atoms with Crippen molar-refractivity contribution in [3.63, 3.8) is 0 Å². The van der Waals surface area contributed by atoms with Crippen LogP contribution in [0.1, 0.15) is 19.3 Å². The first-order valence-electron chi connectivity index (χ1n) is 4.59. The summed E-state index contributed by atoms with van der Waals surface area (Å²) in [5, 5.41) is 8.86. The number of nitrogens with two attached hydrogens (primary N) is 1. The van der Waals surface area contributed by atoms with Crippen molar-refractivity contribution in [3.8, 4) is 6.07 Å². The predicted molar refractivity (Wildman–Crippen MR) is 59.5 cm³/mol. The maximum atomic E-state index is 11.0. The van der Waals surface area contributed by atoms with Gasteiger partial charge in [0, 0.05) is 18.2 Å². The standard InChI is InChI=1S/C9H12N4OS/c10-4-2-1-3-5-15-9-12-7(11)6-8(14)13-9/h6H,1-3,5H2,(H3,11,12,13,14). The van der Waals surface area contributed by atoms with Gasteiger partial charge in [0.2, 0.25) is 0 Å². The molecular formula is C9H12N4OS.